The molecule has 1 atom stereocenters. The molecule has 0 fully saturated rings. The van der Waals surface area contributed by atoms with Crippen molar-refractivity contribution >= 4 is 22.4 Å². The van der Waals surface area contributed by atoms with Crippen LogP contribution >= 0.6 is 11.3 Å². The van der Waals surface area contributed by atoms with Crippen LogP contribution in [0.3, 0.4) is 0 Å². The second kappa shape index (κ2) is 6.88. The molecule has 5 nitrogen and oxygen atoms in total. The van der Waals surface area contributed by atoms with Crippen molar-refractivity contribution in [3.63, 3.8) is 0 Å². The predicted octanol–water partition coefficient (Wildman–Crippen LogP) is 3.38. The number of ether oxygens (including phenoxy) is 2. The highest BCUT2D eigenvalue weighted by molar-refractivity contribution is 7.16. The Hall–Kier alpha value is -2.34. The summed E-state index contributed by atoms with van der Waals surface area (Å²) in [5, 5.41) is 0.735. The molecule has 6 heteroatoms. The first-order chi connectivity index (χ1) is 12.3. The molecule has 2 aromatic rings. The fraction of sp³-hybridized carbons (Fsp3) is 0.368. The third-order valence-electron chi connectivity index (χ3n) is 4.43. The van der Waals surface area contributed by atoms with E-state index in [1.807, 2.05) is 24.3 Å². The molecule has 1 aliphatic carbocycles. The zero-order valence-corrected chi connectivity index (χ0v) is 14.8. The Morgan fingerprint density at radius 2 is 2.12 bits per heavy atom. The summed E-state index contributed by atoms with van der Waals surface area (Å²) in [6, 6.07) is 7.40. The number of aromatic nitrogens is 1. The molecule has 0 saturated heterocycles. The number of rotatable bonds is 4. The van der Waals surface area contributed by atoms with Gasteiger partial charge in [0.1, 0.15) is 6.61 Å². The van der Waals surface area contributed by atoms with Gasteiger partial charge in [0.15, 0.2) is 16.6 Å². The molecule has 2 aliphatic rings. The normalized spacial score (nSPS) is 18.3. The Morgan fingerprint density at radius 3 is 2.92 bits per heavy atom. The molecule has 0 radical (unpaired) electrons. The molecule has 1 aromatic carbocycles. The Morgan fingerprint density at radius 1 is 1.32 bits per heavy atom. The Kier molecular flexibility index (Phi) is 4.44. The minimum atomic E-state index is -0.671. The number of hydrogen-bond acceptors (Lipinski definition) is 5. The maximum Gasteiger partial charge on any atom is 0.273 e. The number of carbonyl (C=O) groups excluding carboxylic acids is 1. The molecule has 130 valence electrons. The van der Waals surface area contributed by atoms with Crippen molar-refractivity contribution in [2.24, 2.45) is 0 Å². The molecule has 4 rings (SSSR count). The second-order valence-electron chi connectivity index (χ2n) is 6.18. The quantitative estimate of drug-likeness (QED) is 0.788. The highest BCUT2D eigenvalue weighted by Crippen LogP contribution is 2.34. The molecule has 2 heterocycles. The fourth-order valence-corrected chi connectivity index (χ4v) is 4.32. The lowest BCUT2D eigenvalue weighted by molar-refractivity contribution is -0.127. The van der Waals surface area contributed by atoms with Crippen LogP contribution in [0.2, 0.25) is 0 Å². The van der Waals surface area contributed by atoms with E-state index >= 15 is 0 Å². The van der Waals surface area contributed by atoms with E-state index in [4.69, 9.17) is 14.5 Å². The molecular weight excluding hydrogens is 336 g/mol. The number of hydrogen-bond donors (Lipinski definition) is 0. The molecule has 1 aromatic heterocycles. The molecule has 0 bridgehead atoms. The van der Waals surface area contributed by atoms with Crippen molar-refractivity contribution in [1.29, 1.82) is 0 Å². The van der Waals surface area contributed by atoms with Crippen LogP contribution < -0.4 is 14.4 Å². The summed E-state index contributed by atoms with van der Waals surface area (Å²) in [7, 11) is 0. The number of thiazole rings is 1. The lowest BCUT2D eigenvalue weighted by Crippen LogP contribution is -2.46. The van der Waals surface area contributed by atoms with Gasteiger partial charge in [0, 0.05) is 11.4 Å². The number of fused-ring (bicyclic) bond motifs is 2. The summed E-state index contributed by atoms with van der Waals surface area (Å²) in [5.74, 6) is 1.14. The smallest absolute Gasteiger partial charge is 0.273 e. The number of amides is 1. The van der Waals surface area contributed by atoms with E-state index in [1.54, 1.807) is 22.3 Å². The molecule has 0 saturated carbocycles. The first kappa shape index (κ1) is 16.1. The first-order valence-corrected chi connectivity index (χ1v) is 9.37. The largest absolute Gasteiger partial charge is 0.485 e. The molecule has 1 unspecified atom stereocenters. The third-order valence-corrected chi connectivity index (χ3v) is 5.61. The van der Waals surface area contributed by atoms with E-state index in [1.165, 1.54) is 17.7 Å². The second-order valence-corrected chi connectivity index (χ2v) is 7.24. The van der Waals surface area contributed by atoms with Gasteiger partial charge in [-0.05, 0) is 37.8 Å². The summed E-state index contributed by atoms with van der Waals surface area (Å²) in [6.07, 6.45) is 5.46. The van der Waals surface area contributed by atoms with E-state index in [0.29, 0.717) is 18.0 Å². The van der Waals surface area contributed by atoms with Crippen LogP contribution in [0.1, 0.15) is 23.4 Å². The molecule has 1 amide bonds. The average Bonchev–Trinajstić information content (AvgIpc) is 3.09. The first-order valence-electron chi connectivity index (χ1n) is 8.55. The maximum absolute atomic E-state index is 13.1. The number of nitrogens with zero attached hydrogens (tertiary/aromatic N) is 2. The lowest BCUT2D eigenvalue weighted by atomic mass is 10.0. The summed E-state index contributed by atoms with van der Waals surface area (Å²) in [6.45, 7) is 4.39. The number of benzene rings is 1. The summed E-state index contributed by atoms with van der Waals surface area (Å²) in [5.41, 5.74) is 1.14. The van der Waals surface area contributed by atoms with Gasteiger partial charge in [-0.15, -0.1) is 17.9 Å². The van der Waals surface area contributed by atoms with E-state index < -0.39 is 6.10 Å². The van der Waals surface area contributed by atoms with E-state index in [0.717, 1.165) is 23.7 Å². The van der Waals surface area contributed by atoms with Crippen LogP contribution in [0.5, 0.6) is 11.5 Å². The van der Waals surface area contributed by atoms with Crippen LogP contribution in [0, 0.1) is 0 Å². The van der Waals surface area contributed by atoms with Crippen LogP contribution in [0.25, 0.3) is 0 Å². The van der Waals surface area contributed by atoms with Crippen molar-refractivity contribution in [3.05, 3.63) is 47.5 Å². The average molecular weight is 356 g/mol. The fourth-order valence-electron chi connectivity index (χ4n) is 3.16. The standard InChI is InChI=1S/C19H20N2O3S/c1-2-11-21(19-20-13-7-3-6-10-17(13)25-19)18(22)16-12-23-14-8-4-5-9-15(14)24-16/h2,4-5,8-9,16H,1,3,6-7,10-12H2. The Bertz CT molecular complexity index is 778. The molecule has 0 N–H and O–H groups in total. The van der Waals surface area contributed by atoms with Gasteiger partial charge in [0.2, 0.25) is 6.10 Å². The minimum absolute atomic E-state index is 0.138. The summed E-state index contributed by atoms with van der Waals surface area (Å²) in [4.78, 5) is 20.7. The minimum Gasteiger partial charge on any atom is -0.485 e. The van der Waals surface area contributed by atoms with Gasteiger partial charge in [0.05, 0.1) is 5.69 Å². The van der Waals surface area contributed by atoms with Crippen molar-refractivity contribution in [1.82, 2.24) is 4.98 Å². The van der Waals surface area contributed by atoms with Gasteiger partial charge < -0.3 is 9.47 Å². The summed E-state index contributed by atoms with van der Waals surface area (Å²) < 4.78 is 11.6. The van der Waals surface area contributed by atoms with Gasteiger partial charge in [-0.25, -0.2) is 4.98 Å². The maximum atomic E-state index is 13.1. The number of aryl methyl sites for hydroxylation is 2. The predicted molar refractivity (Wildman–Crippen MR) is 97.7 cm³/mol. The van der Waals surface area contributed by atoms with E-state index in [2.05, 4.69) is 6.58 Å². The van der Waals surface area contributed by atoms with Gasteiger partial charge in [0.25, 0.3) is 5.91 Å². The van der Waals surface area contributed by atoms with E-state index in [-0.39, 0.29) is 12.5 Å². The van der Waals surface area contributed by atoms with Crippen molar-refractivity contribution in [2.45, 2.75) is 31.8 Å². The van der Waals surface area contributed by atoms with Gasteiger partial charge in [-0.3, -0.25) is 9.69 Å². The topological polar surface area (TPSA) is 51.7 Å². The molecule has 1 aliphatic heterocycles. The van der Waals surface area contributed by atoms with Crippen LogP contribution in [0.15, 0.2) is 36.9 Å². The molecular formula is C19H20N2O3S. The van der Waals surface area contributed by atoms with Gasteiger partial charge in [-0.2, -0.15) is 0 Å². The molecule has 0 spiro atoms. The Labute approximate surface area is 150 Å². The van der Waals surface area contributed by atoms with Crippen LogP contribution in [0.4, 0.5) is 5.13 Å². The highest BCUT2D eigenvalue weighted by atomic mass is 32.1. The zero-order valence-electron chi connectivity index (χ0n) is 13.9. The van der Waals surface area contributed by atoms with Crippen molar-refractivity contribution in [2.75, 3.05) is 18.1 Å². The summed E-state index contributed by atoms with van der Waals surface area (Å²) >= 11 is 1.61. The highest BCUT2D eigenvalue weighted by Gasteiger charge is 2.33. The van der Waals surface area contributed by atoms with E-state index in [9.17, 15) is 4.79 Å². The van der Waals surface area contributed by atoms with Gasteiger partial charge >= 0.3 is 0 Å². The third kappa shape index (κ3) is 3.14. The SMILES string of the molecule is C=CCN(C(=O)C1COc2ccccc2O1)c1nc2c(s1)CCCC2. The lowest BCUT2D eigenvalue weighted by Gasteiger charge is -2.29. The number of anilines is 1. The van der Waals surface area contributed by atoms with Gasteiger partial charge in [-0.1, -0.05) is 18.2 Å². The Balaban J connectivity index is 1.57. The van der Waals surface area contributed by atoms with Crippen LogP contribution in [-0.2, 0) is 17.6 Å². The van der Waals surface area contributed by atoms with Crippen molar-refractivity contribution in [3.8, 4) is 11.5 Å². The zero-order chi connectivity index (χ0) is 17.2. The number of carbonyl (C=O) groups is 1. The molecule has 25 heavy (non-hydrogen) atoms. The van der Waals surface area contributed by atoms with Crippen LogP contribution in [-0.4, -0.2) is 30.1 Å². The van der Waals surface area contributed by atoms with Crippen molar-refractivity contribution < 1.29 is 14.3 Å². The monoisotopic (exact) mass is 356 g/mol. The number of para-hydroxylation sites is 2.